The van der Waals surface area contributed by atoms with Gasteiger partial charge in [-0.2, -0.15) is 0 Å². The molecular formula is C14H10N2O4. The number of rotatable bonds is 2. The van der Waals surface area contributed by atoms with E-state index in [2.05, 4.69) is 4.98 Å². The maximum absolute atomic E-state index is 12.0. The number of cyclic esters (lactones) is 1. The molecule has 2 heterocycles. The van der Waals surface area contributed by atoms with Crippen LogP contribution in [-0.2, 0) is 11.3 Å². The van der Waals surface area contributed by atoms with Crippen LogP contribution in [0.4, 0.5) is 0 Å². The van der Waals surface area contributed by atoms with Crippen molar-refractivity contribution in [3.63, 3.8) is 0 Å². The molecule has 20 heavy (non-hydrogen) atoms. The van der Waals surface area contributed by atoms with E-state index in [0.29, 0.717) is 11.3 Å². The van der Waals surface area contributed by atoms with Crippen molar-refractivity contribution in [3.05, 3.63) is 57.5 Å². The van der Waals surface area contributed by atoms with Gasteiger partial charge in [-0.05, 0) is 5.56 Å². The van der Waals surface area contributed by atoms with Gasteiger partial charge >= 0.3 is 5.97 Å². The third-order valence-electron chi connectivity index (χ3n) is 3.15. The molecule has 1 aliphatic rings. The smallest absolute Gasteiger partial charge is 0.341 e. The van der Waals surface area contributed by atoms with Crippen molar-refractivity contribution < 1.29 is 14.3 Å². The molecule has 0 saturated carbocycles. The Balaban J connectivity index is 2.44. The van der Waals surface area contributed by atoms with Gasteiger partial charge < -0.3 is 15.5 Å². The molecule has 0 saturated heterocycles. The summed E-state index contributed by atoms with van der Waals surface area (Å²) in [5.41, 5.74) is 5.81. The van der Waals surface area contributed by atoms with Gasteiger partial charge in [0.05, 0.1) is 11.3 Å². The van der Waals surface area contributed by atoms with Gasteiger partial charge in [0.25, 0.3) is 11.5 Å². The number of nitrogens with one attached hydrogen (secondary N) is 1. The fraction of sp³-hybridized carbons (Fsp3) is 0.0714. The van der Waals surface area contributed by atoms with Crippen molar-refractivity contribution in [1.82, 2.24) is 4.98 Å². The third-order valence-corrected chi connectivity index (χ3v) is 3.15. The molecule has 100 valence electrons. The van der Waals surface area contributed by atoms with Crippen LogP contribution in [-0.4, -0.2) is 16.9 Å². The van der Waals surface area contributed by atoms with Gasteiger partial charge in [-0.15, -0.1) is 0 Å². The maximum Gasteiger partial charge on any atom is 0.341 e. The summed E-state index contributed by atoms with van der Waals surface area (Å²) in [6.45, 7) is -0.0116. The first-order valence-electron chi connectivity index (χ1n) is 5.91. The Morgan fingerprint density at radius 3 is 2.50 bits per heavy atom. The summed E-state index contributed by atoms with van der Waals surface area (Å²) in [7, 11) is 0. The SMILES string of the molecule is NC(=O)c1c(-c2ccccc2)c2c([nH]c1=O)COC2=O. The van der Waals surface area contributed by atoms with Crippen LogP contribution in [0.1, 0.15) is 26.4 Å². The van der Waals surface area contributed by atoms with Gasteiger partial charge in [0, 0.05) is 5.56 Å². The lowest BCUT2D eigenvalue weighted by Gasteiger charge is -2.09. The van der Waals surface area contributed by atoms with E-state index in [1.165, 1.54) is 0 Å². The Morgan fingerprint density at radius 2 is 1.85 bits per heavy atom. The lowest BCUT2D eigenvalue weighted by atomic mass is 9.94. The van der Waals surface area contributed by atoms with E-state index < -0.39 is 17.4 Å². The van der Waals surface area contributed by atoms with Crippen LogP contribution in [0.2, 0.25) is 0 Å². The van der Waals surface area contributed by atoms with Gasteiger partial charge in [-0.25, -0.2) is 4.79 Å². The summed E-state index contributed by atoms with van der Waals surface area (Å²) >= 11 is 0. The van der Waals surface area contributed by atoms with Crippen molar-refractivity contribution >= 4 is 11.9 Å². The van der Waals surface area contributed by atoms with Crippen LogP contribution in [0.25, 0.3) is 11.1 Å². The first-order chi connectivity index (χ1) is 9.59. The number of fused-ring (bicyclic) bond motifs is 1. The van der Waals surface area contributed by atoms with Crippen molar-refractivity contribution in [3.8, 4) is 11.1 Å². The number of ether oxygens (including phenoxy) is 1. The molecule has 3 N–H and O–H groups in total. The summed E-state index contributed by atoms with van der Waals surface area (Å²) in [5, 5.41) is 0. The number of H-pyrrole nitrogens is 1. The Labute approximate surface area is 113 Å². The molecule has 0 unspecified atom stereocenters. The van der Waals surface area contributed by atoms with E-state index in [0.717, 1.165) is 0 Å². The molecule has 0 aliphatic carbocycles. The highest BCUT2D eigenvalue weighted by molar-refractivity contribution is 6.08. The molecule has 0 atom stereocenters. The molecule has 1 amide bonds. The average molecular weight is 270 g/mol. The lowest BCUT2D eigenvalue weighted by molar-refractivity contribution is 0.0533. The standard InChI is InChI=1S/C14H10N2O4/c15-12(17)11-9(7-4-2-1-3-5-7)10-8(16-13(11)18)6-20-14(10)19/h1-5H,6H2,(H2,15,17)(H,16,18). The highest BCUT2D eigenvalue weighted by Crippen LogP contribution is 2.31. The van der Waals surface area contributed by atoms with Crippen molar-refractivity contribution in [1.29, 1.82) is 0 Å². The quantitative estimate of drug-likeness (QED) is 0.788. The zero-order valence-electron chi connectivity index (χ0n) is 10.3. The summed E-state index contributed by atoms with van der Waals surface area (Å²) in [6, 6.07) is 8.68. The van der Waals surface area contributed by atoms with Crippen LogP contribution in [0.15, 0.2) is 35.1 Å². The number of aromatic amines is 1. The molecule has 6 heteroatoms. The maximum atomic E-state index is 12.0. The number of primary amides is 1. The molecule has 1 aromatic carbocycles. The van der Waals surface area contributed by atoms with Crippen molar-refractivity contribution in [2.24, 2.45) is 5.73 Å². The summed E-state index contributed by atoms with van der Waals surface area (Å²) < 4.78 is 4.91. The van der Waals surface area contributed by atoms with Crippen LogP contribution < -0.4 is 11.3 Å². The van der Waals surface area contributed by atoms with Crippen LogP contribution >= 0.6 is 0 Å². The lowest BCUT2D eigenvalue weighted by Crippen LogP contribution is -2.27. The van der Waals surface area contributed by atoms with Crippen molar-refractivity contribution in [2.75, 3.05) is 0 Å². The molecule has 6 nitrogen and oxygen atoms in total. The Hall–Kier alpha value is -2.89. The van der Waals surface area contributed by atoms with Crippen LogP contribution in [0, 0.1) is 0 Å². The van der Waals surface area contributed by atoms with E-state index in [-0.39, 0.29) is 23.3 Å². The van der Waals surface area contributed by atoms with Crippen molar-refractivity contribution in [2.45, 2.75) is 6.61 Å². The molecule has 0 fully saturated rings. The number of nitrogens with two attached hydrogens (primary N) is 1. The Bertz CT molecular complexity index is 778. The highest BCUT2D eigenvalue weighted by atomic mass is 16.5. The molecule has 2 aromatic rings. The second-order valence-corrected chi connectivity index (χ2v) is 4.36. The number of carbonyl (C=O) groups is 2. The summed E-state index contributed by atoms with van der Waals surface area (Å²) in [5.74, 6) is -1.45. The number of hydrogen-bond acceptors (Lipinski definition) is 4. The minimum atomic E-state index is -0.882. The predicted molar refractivity (Wildman–Crippen MR) is 70.1 cm³/mol. The van der Waals surface area contributed by atoms with Gasteiger partial charge in [-0.1, -0.05) is 30.3 Å². The normalized spacial score (nSPS) is 12.9. The predicted octanol–water partition coefficient (Wildman–Crippen LogP) is 0.811. The first-order valence-corrected chi connectivity index (χ1v) is 5.91. The second kappa shape index (κ2) is 4.34. The molecule has 1 aromatic heterocycles. The molecule has 0 bridgehead atoms. The number of amides is 1. The highest BCUT2D eigenvalue weighted by Gasteiger charge is 2.31. The largest absolute Gasteiger partial charge is 0.456 e. The minimum absolute atomic E-state index is 0.0116. The number of benzene rings is 1. The zero-order chi connectivity index (χ0) is 14.3. The fourth-order valence-electron chi connectivity index (χ4n) is 2.32. The second-order valence-electron chi connectivity index (χ2n) is 4.36. The molecular weight excluding hydrogens is 260 g/mol. The zero-order valence-corrected chi connectivity index (χ0v) is 10.3. The topological polar surface area (TPSA) is 102 Å². The number of hydrogen-bond donors (Lipinski definition) is 2. The molecule has 3 rings (SSSR count). The van der Waals surface area contributed by atoms with Gasteiger partial charge in [-0.3, -0.25) is 9.59 Å². The van der Waals surface area contributed by atoms with Crippen LogP contribution in [0.3, 0.4) is 0 Å². The van der Waals surface area contributed by atoms with E-state index >= 15 is 0 Å². The van der Waals surface area contributed by atoms with Gasteiger partial charge in [0.2, 0.25) is 0 Å². The van der Waals surface area contributed by atoms with E-state index in [1.807, 2.05) is 0 Å². The monoisotopic (exact) mass is 270 g/mol. The minimum Gasteiger partial charge on any atom is -0.456 e. The molecule has 1 aliphatic heterocycles. The third kappa shape index (κ3) is 1.70. The summed E-state index contributed by atoms with van der Waals surface area (Å²) in [4.78, 5) is 37.9. The molecule has 0 spiro atoms. The number of carbonyl (C=O) groups excluding carboxylic acids is 2. The average Bonchev–Trinajstić information content (AvgIpc) is 2.79. The van der Waals surface area contributed by atoms with Gasteiger partial charge in [0.15, 0.2) is 0 Å². The first kappa shape index (κ1) is 12.2. The van der Waals surface area contributed by atoms with Crippen LogP contribution in [0.5, 0.6) is 0 Å². The van der Waals surface area contributed by atoms with E-state index in [9.17, 15) is 14.4 Å². The molecule has 0 radical (unpaired) electrons. The number of aromatic nitrogens is 1. The van der Waals surface area contributed by atoms with E-state index in [4.69, 9.17) is 10.5 Å². The number of pyridine rings is 1. The van der Waals surface area contributed by atoms with Gasteiger partial charge in [0.1, 0.15) is 12.2 Å². The fourth-order valence-corrected chi connectivity index (χ4v) is 2.32. The number of esters is 1. The Morgan fingerprint density at radius 1 is 1.15 bits per heavy atom. The summed E-state index contributed by atoms with van der Waals surface area (Å²) in [6.07, 6.45) is 0. The van der Waals surface area contributed by atoms with E-state index in [1.54, 1.807) is 30.3 Å². The Kier molecular flexibility index (Phi) is 2.64.